The first-order chi connectivity index (χ1) is 7.25. The number of aromatic nitrogens is 1. The molecule has 1 aliphatic rings. The number of nitrogens with zero attached hydrogens (tertiary/aromatic N) is 2. The minimum atomic E-state index is -0.906. The summed E-state index contributed by atoms with van der Waals surface area (Å²) >= 11 is 0. The first kappa shape index (κ1) is 9.97. The van der Waals surface area contributed by atoms with E-state index < -0.39 is 5.97 Å². The van der Waals surface area contributed by atoms with Crippen LogP contribution in [0.3, 0.4) is 0 Å². The van der Waals surface area contributed by atoms with Crippen molar-refractivity contribution >= 4 is 12.0 Å². The second-order valence-corrected chi connectivity index (χ2v) is 3.29. The van der Waals surface area contributed by atoms with Crippen LogP contribution in [0.4, 0.5) is 6.01 Å². The Morgan fingerprint density at radius 1 is 1.53 bits per heavy atom. The van der Waals surface area contributed by atoms with Crippen molar-refractivity contribution in [1.82, 2.24) is 4.98 Å². The summed E-state index contributed by atoms with van der Waals surface area (Å²) in [5, 5.41) is 8.57. The maximum absolute atomic E-state index is 10.4. The van der Waals surface area contributed by atoms with Crippen LogP contribution < -0.4 is 4.90 Å². The zero-order chi connectivity index (χ0) is 10.7. The van der Waals surface area contributed by atoms with Gasteiger partial charge in [0.15, 0.2) is 0 Å². The Bertz CT molecular complexity index is 344. The Morgan fingerprint density at radius 2 is 2.27 bits per heavy atom. The van der Waals surface area contributed by atoms with Crippen LogP contribution >= 0.6 is 0 Å². The Balaban J connectivity index is 2.02. The van der Waals surface area contributed by atoms with Gasteiger partial charge < -0.3 is 19.2 Å². The number of oxazole rings is 1. The molecule has 6 heteroatoms. The SMILES string of the molecule is O=C(O)Cc1coc(N2CCOCC2)n1. The Morgan fingerprint density at radius 3 is 2.93 bits per heavy atom. The van der Waals surface area contributed by atoms with Crippen LogP contribution in [0.15, 0.2) is 10.7 Å². The molecular weight excluding hydrogens is 200 g/mol. The smallest absolute Gasteiger partial charge is 0.309 e. The normalized spacial score (nSPS) is 16.7. The van der Waals surface area contributed by atoms with Gasteiger partial charge in [0.05, 0.1) is 25.3 Å². The van der Waals surface area contributed by atoms with E-state index in [0.717, 1.165) is 13.1 Å². The Kier molecular flexibility index (Phi) is 2.86. The van der Waals surface area contributed by atoms with Crippen molar-refractivity contribution in [2.24, 2.45) is 0 Å². The van der Waals surface area contributed by atoms with Crippen LogP contribution in [0.5, 0.6) is 0 Å². The summed E-state index contributed by atoms with van der Waals surface area (Å²) in [5.74, 6) is -0.906. The first-order valence-corrected chi connectivity index (χ1v) is 4.74. The molecular formula is C9H12N2O4. The first-order valence-electron chi connectivity index (χ1n) is 4.74. The van der Waals surface area contributed by atoms with Crippen molar-refractivity contribution in [2.45, 2.75) is 6.42 Å². The highest BCUT2D eigenvalue weighted by molar-refractivity contribution is 5.69. The van der Waals surface area contributed by atoms with Gasteiger partial charge in [0.1, 0.15) is 6.26 Å². The standard InChI is InChI=1S/C9H12N2O4/c12-8(13)5-7-6-15-9(10-7)11-1-3-14-4-2-11/h6H,1-5H2,(H,12,13). The summed E-state index contributed by atoms with van der Waals surface area (Å²) in [6, 6.07) is 0.481. The highest BCUT2D eigenvalue weighted by Gasteiger charge is 2.16. The number of rotatable bonds is 3. The van der Waals surface area contributed by atoms with Gasteiger partial charge in [0, 0.05) is 13.1 Å². The predicted octanol–water partition coefficient (Wildman–Crippen LogP) is 0.138. The molecule has 2 heterocycles. The molecule has 82 valence electrons. The van der Waals surface area contributed by atoms with E-state index in [0.29, 0.717) is 24.9 Å². The summed E-state index contributed by atoms with van der Waals surface area (Å²) < 4.78 is 10.4. The lowest BCUT2D eigenvalue weighted by molar-refractivity contribution is -0.136. The molecule has 0 amide bonds. The molecule has 1 fully saturated rings. The second kappa shape index (κ2) is 4.31. The molecule has 1 aromatic heterocycles. The van der Waals surface area contributed by atoms with E-state index in [1.165, 1.54) is 6.26 Å². The highest BCUT2D eigenvalue weighted by Crippen LogP contribution is 2.15. The molecule has 2 rings (SSSR count). The maximum Gasteiger partial charge on any atom is 0.309 e. The van der Waals surface area contributed by atoms with E-state index in [-0.39, 0.29) is 6.42 Å². The summed E-state index contributed by atoms with van der Waals surface area (Å²) in [6.45, 7) is 2.76. The Hall–Kier alpha value is -1.56. The van der Waals surface area contributed by atoms with Gasteiger partial charge in [0.2, 0.25) is 0 Å². The van der Waals surface area contributed by atoms with E-state index in [4.69, 9.17) is 14.3 Å². The minimum absolute atomic E-state index is 0.103. The fourth-order valence-corrected chi connectivity index (χ4v) is 1.43. The molecule has 1 aromatic rings. The van der Waals surface area contributed by atoms with Gasteiger partial charge in [0.25, 0.3) is 6.01 Å². The lowest BCUT2D eigenvalue weighted by atomic mass is 10.3. The van der Waals surface area contributed by atoms with Crippen LogP contribution in [-0.4, -0.2) is 42.4 Å². The molecule has 6 nitrogen and oxygen atoms in total. The van der Waals surface area contributed by atoms with Crippen LogP contribution in [0.2, 0.25) is 0 Å². The van der Waals surface area contributed by atoms with Crippen molar-refractivity contribution in [3.63, 3.8) is 0 Å². The summed E-state index contributed by atoms with van der Waals surface area (Å²) in [5.41, 5.74) is 0.448. The number of morpholine rings is 1. The lowest BCUT2D eigenvalue weighted by Crippen LogP contribution is -2.36. The summed E-state index contributed by atoms with van der Waals surface area (Å²) in [4.78, 5) is 16.5. The monoisotopic (exact) mass is 212 g/mol. The molecule has 0 aliphatic carbocycles. The van der Waals surface area contributed by atoms with Crippen LogP contribution in [0.25, 0.3) is 0 Å². The number of hydrogen-bond acceptors (Lipinski definition) is 5. The van der Waals surface area contributed by atoms with Crippen LogP contribution in [-0.2, 0) is 16.0 Å². The molecule has 1 aliphatic heterocycles. The van der Waals surface area contributed by atoms with Gasteiger partial charge in [-0.1, -0.05) is 0 Å². The zero-order valence-electron chi connectivity index (χ0n) is 8.18. The quantitative estimate of drug-likeness (QED) is 0.768. The van der Waals surface area contributed by atoms with E-state index in [1.54, 1.807) is 0 Å². The number of carboxylic acids is 1. The lowest BCUT2D eigenvalue weighted by Gasteiger charge is -2.24. The van der Waals surface area contributed by atoms with Gasteiger partial charge in [-0.25, -0.2) is 0 Å². The molecule has 15 heavy (non-hydrogen) atoms. The molecule has 0 atom stereocenters. The van der Waals surface area contributed by atoms with Crippen LogP contribution in [0, 0.1) is 0 Å². The zero-order valence-corrected chi connectivity index (χ0v) is 8.18. The van der Waals surface area contributed by atoms with Gasteiger partial charge >= 0.3 is 5.97 Å². The molecule has 0 bridgehead atoms. The number of ether oxygens (including phenoxy) is 1. The van der Waals surface area contributed by atoms with Crippen LogP contribution in [0.1, 0.15) is 5.69 Å². The molecule has 0 unspecified atom stereocenters. The summed E-state index contributed by atoms with van der Waals surface area (Å²) in [7, 11) is 0. The third kappa shape index (κ3) is 2.47. The fraction of sp³-hybridized carbons (Fsp3) is 0.556. The van der Waals surface area contributed by atoms with Crippen molar-refractivity contribution in [3.8, 4) is 0 Å². The Labute approximate surface area is 86.5 Å². The van der Waals surface area contributed by atoms with E-state index in [2.05, 4.69) is 4.98 Å². The molecule has 1 saturated heterocycles. The second-order valence-electron chi connectivity index (χ2n) is 3.29. The number of carboxylic acid groups (broad SMARTS) is 1. The number of carbonyl (C=O) groups is 1. The molecule has 0 aromatic carbocycles. The average Bonchev–Trinajstić information content (AvgIpc) is 2.67. The van der Waals surface area contributed by atoms with E-state index in [1.807, 2.05) is 4.90 Å². The molecule has 0 radical (unpaired) electrons. The van der Waals surface area contributed by atoms with Crippen molar-refractivity contribution in [1.29, 1.82) is 0 Å². The maximum atomic E-state index is 10.4. The van der Waals surface area contributed by atoms with Gasteiger partial charge in [-0.15, -0.1) is 0 Å². The van der Waals surface area contributed by atoms with Gasteiger partial charge in [-0.2, -0.15) is 4.98 Å². The largest absolute Gasteiger partial charge is 0.481 e. The van der Waals surface area contributed by atoms with E-state index >= 15 is 0 Å². The number of anilines is 1. The predicted molar refractivity (Wildman–Crippen MR) is 50.9 cm³/mol. The average molecular weight is 212 g/mol. The van der Waals surface area contributed by atoms with Crippen molar-refractivity contribution in [3.05, 3.63) is 12.0 Å². The number of hydrogen-bond donors (Lipinski definition) is 1. The molecule has 1 N–H and O–H groups in total. The third-order valence-electron chi connectivity index (χ3n) is 2.15. The van der Waals surface area contributed by atoms with E-state index in [9.17, 15) is 4.79 Å². The fourth-order valence-electron chi connectivity index (χ4n) is 1.43. The summed E-state index contributed by atoms with van der Waals surface area (Å²) in [6.07, 6.45) is 1.28. The molecule has 0 spiro atoms. The van der Waals surface area contributed by atoms with Gasteiger partial charge in [-0.3, -0.25) is 4.79 Å². The van der Waals surface area contributed by atoms with Crippen molar-refractivity contribution in [2.75, 3.05) is 31.2 Å². The minimum Gasteiger partial charge on any atom is -0.481 e. The third-order valence-corrected chi connectivity index (χ3v) is 2.15. The topological polar surface area (TPSA) is 75.8 Å². The van der Waals surface area contributed by atoms with Gasteiger partial charge in [-0.05, 0) is 0 Å². The molecule has 0 saturated carbocycles. The highest BCUT2D eigenvalue weighted by atomic mass is 16.5. The number of aliphatic carboxylic acids is 1. The van der Waals surface area contributed by atoms with Crippen molar-refractivity contribution < 1.29 is 19.1 Å².